The number of nitrogens with zero attached hydrogens (tertiary/aromatic N) is 7. The van der Waals surface area contributed by atoms with E-state index in [1.807, 2.05) is 85.4 Å². The van der Waals surface area contributed by atoms with Gasteiger partial charge in [-0.15, -0.1) is 20.4 Å². The Bertz CT molecular complexity index is 998. The fourth-order valence-corrected chi connectivity index (χ4v) is 2.62. The average molecular weight is 386 g/mol. The van der Waals surface area contributed by atoms with Gasteiger partial charge in [-0.2, -0.15) is 0 Å². The number of aromatic nitrogens is 3. The number of hydrogen-bond acceptors (Lipinski definition) is 3. The van der Waals surface area contributed by atoms with E-state index < -0.39 is 0 Å². The predicted octanol–water partition coefficient (Wildman–Crippen LogP) is -0.000600. The highest BCUT2D eigenvalue weighted by Crippen LogP contribution is 2.11. The molecule has 1 aromatic carbocycles. The molecule has 3 aromatic rings. The molecule has 0 radical (unpaired) electrons. The van der Waals surface area contributed by atoms with Crippen molar-refractivity contribution in [2.75, 3.05) is 0 Å². The van der Waals surface area contributed by atoms with Crippen LogP contribution in [-0.2, 0) is 21.1 Å². The Morgan fingerprint density at radius 3 is 2.04 bits per heavy atom. The van der Waals surface area contributed by atoms with Crippen molar-refractivity contribution < 1.29 is 17.0 Å². The van der Waals surface area contributed by atoms with E-state index in [0.29, 0.717) is 5.84 Å². The molecule has 0 aliphatic heterocycles. The number of fused-ring (bicyclic) bond motifs is 1. The largest absolute Gasteiger partial charge is 1.00 e. The van der Waals surface area contributed by atoms with Crippen LogP contribution < -0.4 is 22.6 Å². The Kier molecular flexibility index (Phi) is 6.63. The van der Waals surface area contributed by atoms with E-state index in [2.05, 4.69) is 32.6 Å². The maximum absolute atomic E-state index is 4.45. The Morgan fingerprint density at radius 1 is 0.963 bits per heavy atom. The topological polar surface area (TPSA) is 63.2 Å². The molecule has 2 aromatic heterocycles. The number of hydrogen-bond donors (Lipinski definition) is 0. The van der Waals surface area contributed by atoms with Gasteiger partial charge in [0.2, 0.25) is 5.62 Å². The molecule has 27 heavy (non-hydrogen) atoms. The second-order valence-electron chi connectivity index (χ2n) is 6.54. The average Bonchev–Trinajstić information content (AvgIpc) is 2.88. The molecule has 3 rings (SSSR count). The third kappa shape index (κ3) is 4.49. The van der Waals surface area contributed by atoms with Crippen molar-refractivity contribution in [3.63, 3.8) is 0 Å². The summed E-state index contributed by atoms with van der Waals surface area (Å²) in [7, 11) is 5.93. The second kappa shape index (κ2) is 8.73. The minimum atomic E-state index is 0. The zero-order chi connectivity index (χ0) is 18.7. The summed E-state index contributed by atoms with van der Waals surface area (Å²) in [6.45, 7) is 4.06. The van der Waals surface area contributed by atoms with E-state index in [0.717, 1.165) is 22.3 Å². The molecule has 0 amide bonds. The molecule has 0 saturated heterocycles. The van der Waals surface area contributed by atoms with Gasteiger partial charge < -0.3 is 21.5 Å². The summed E-state index contributed by atoms with van der Waals surface area (Å²) in [5.41, 5.74) is 3.75. The smallest absolute Gasteiger partial charge is 0.230 e. The molecule has 0 aliphatic carbocycles. The van der Waals surface area contributed by atoms with Crippen molar-refractivity contribution >= 4 is 22.6 Å². The van der Waals surface area contributed by atoms with E-state index in [4.69, 9.17) is 0 Å². The quantitative estimate of drug-likeness (QED) is 0.200. The summed E-state index contributed by atoms with van der Waals surface area (Å²) in [4.78, 5) is 0. The van der Waals surface area contributed by atoms with Gasteiger partial charge in [0, 0.05) is 32.1 Å². The van der Waals surface area contributed by atoms with Crippen LogP contribution in [0, 0.1) is 5.92 Å². The molecule has 0 N–H and O–H groups in total. The zero-order valence-corrected chi connectivity index (χ0v) is 17.0. The monoisotopic (exact) mass is 385 g/mol. The van der Waals surface area contributed by atoms with Gasteiger partial charge in [-0.25, -0.2) is 4.57 Å². The van der Waals surface area contributed by atoms with E-state index in [-0.39, 0.29) is 18.3 Å². The summed E-state index contributed by atoms with van der Waals surface area (Å²) >= 11 is 0. The maximum Gasteiger partial charge on any atom is 0.230 e. The zero-order valence-electron chi connectivity index (χ0n) is 16.2. The van der Waals surface area contributed by atoms with Gasteiger partial charge in [0.25, 0.3) is 0 Å². The third-order valence-electron chi connectivity index (χ3n) is 4.19. The molecule has 0 spiro atoms. The molecule has 0 unspecified atom stereocenters. The van der Waals surface area contributed by atoms with E-state index in [9.17, 15) is 0 Å². The van der Waals surface area contributed by atoms with Gasteiger partial charge in [-0.05, 0) is 12.1 Å². The molecule has 142 valence electrons. The number of azo groups is 1. The summed E-state index contributed by atoms with van der Waals surface area (Å²) in [6.07, 6.45) is 3.86. The van der Waals surface area contributed by atoms with Crippen molar-refractivity contribution in [3.05, 3.63) is 54.4 Å². The fraction of sp³-hybridized carbons (Fsp3) is 0.316. The number of benzene rings is 1. The van der Waals surface area contributed by atoms with Gasteiger partial charge in [0.15, 0.2) is 18.2 Å². The second-order valence-corrected chi connectivity index (χ2v) is 6.54. The number of pyridine rings is 1. The van der Waals surface area contributed by atoms with Crippen LogP contribution in [0.25, 0.3) is 11.0 Å². The Balaban J connectivity index is 0.00000261. The van der Waals surface area contributed by atoms with Crippen molar-refractivity contribution in [3.8, 4) is 0 Å². The standard InChI is InChI=1S/C19H24N7.ClH/c1-14(2)18(21-20-15-10-12-24(3)13-11-15)22-23-19-25(4)16-8-6-7-9-17(16)26(19)5;/h6-14H,1-5H3;1H/q+1;/p-1. The fourth-order valence-electron chi connectivity index (χ4n) is 2.62. The first kappa shape index (κ1) is 20.5. The Hall–Kier alpha value is -2.80. The summed E-state index contributed by atoms with van der Waals surface area (Å²) < 4.78 is 5.99. The number of halogens is 1. The first-order chi connectivity index (χ1) is 12.5. The number of aryl methyl sites for hydroxylation is 3. The molecule has 8 heteroatoms. The van der Waals surface area contributed by atoms with E-state index in [1.54, 1.807) is 0 Å². The molecule has 2 heterocycles. The summed E-state index contributed by atoms with van der Waals surface area (Å²) in [5.74, 6) is 0.700. The molecule has 0 fully saturated rings. The molecule has 0 aliphatic rings. The number of amidine groups is 1. The molecular formula is C19H24ClN7. The number of rotatable bonds is 3. The third-order valence-corrected chi connectivity index (χ3v) is 4.19. The molecule has 0 bridgehead atoms. The van der Waals surface area contributed by atoms with Crippen LogP contribution in [0.15, 0.2) is 69.2 Å². The lowest BCUT2D eigenvalue weighted by Crippen LogP contribution is -3.00. The Morgan fingerprint density at radius 2 is 1.52 bits per heavy atom. The minimum Gasteiger partial charge on any atom is -1.00 e. The van der Waals surface area contributed by atoms with Gasteiger partial charge in [0.1, 0.15) is 7.05 Å². The van der Waals surface area contributed by atoms with Crippen molar-refractivity contribution in [2.24, 2.45) is 47.5 Å². The lowest BCUT2D eigenvalue weighted by atomic mass is 10.2. The highest BCUT2D eigenvalue weighted by molar-refractivity contribution is 5.84. The van der Waals surface area contributed by atoms with Gasteiger partial charge >= 0.3 is 0 Å². The number of imidazole rings is 1. The first-order valence-electron chi connectivity index (χ1n) is 8.56. The first-order valence-corrected chi connectivity index (χ1v) is 8.56. The van der Waals surface area contributed by atoms with Crippen molar-refractivity contribution in [2.45, 2.75) is 13.8 Å². The van der Waals surface area contributed by atoms with Crippen molar-refractivity contribution in [1.29, 1.82) is 0 Å². The Labute approximate surface area is 164 Å². The lowest BCUT2D eigenvalue weighted by Gasteiger charge is -2.00. The summed E-state index contributed by atoms with van der Waals surface area (Å²) in [6, 6.07) is 12.0. The van der Waals surface area contributed by atoms with Gasteiger partial charge in [-0.1, -0.05) is 26.0 Å². The highest BCUT2D eigenvalue weighted by Gasteiger charge is 2.07. The van der Waals surface area contributed by atoms with Crippen LogP contribution in [-0.4, -0.2) is 15.0 Å². The molecule has 0 atom stereocenters. The van der Waals surface area contributed by atoms with Gasteiger partial charge in [0.05, 0.1) is 16.7 Å². The van der Waals surface area contributed by atoms with E-state index in [1.165, 1.54) is 0 Å². The number of para-hydroxylation sites is 2. The normalized spacial score (nSPS) is 12.0. The minimum absolute atomic E-state index is 0. The lowest BCUT2D eigenvalue weighted by molar-refractivity contribution is -0.671. The van der Waals surface area contributed by atoms with Crippen LogP contribution in [0.2, 0.25) is 0 Å². The van der Waals surface area contributed by atoms with Crippen LogP contribution in [0.4, 0.5) is 5.69 Å². The highest BCUT2D eigenvalue weighted by atomic mass is 35.5. The SMILES string of the molecule is CC(C)C(N=Nc1cc[n+](C)cc1)=NN=c1n(C)c2ccccc2n1C.[Cl-]. The van der Waals surface area contributed by atoms with Gasteiger partial charge in [-0.3, -0.25) is 0 Å². The van der Waals surface area contributed by atoms with Crippen LogP contribution in [0.1, 0.15) is 13.8 Å². The van der Waals surface area contributed by atoms with E-state index >= 15 is 0 Å². The van der Waals surface area contributed by atoms with Crippen molar-refractivity contribution in [1.82, 2.24) is 9.13 Å². The summed E-state index contributed by atoms with van der Waals surface area (Å²) in [5, 5.41) is 17.4. The predicted molar refractivity (Wildman–Crippen MR) is 102 cm³/mol. The van der Waals surface area contributed by atoms with Crippen LogP contribution in [0.3, 0.4) is 0 Å². The van der Waals surface area contributed by atoms with Crippen LogP contribution >= 0.6 is 0 Å². The maximum atomic E-state index is 4.45. The molecule has 0 saturated carbocycles. The molecular weight excluding hydrogens is 362 g/mol. The molecule has 7 nitrogen and oxygen atoms in total. The van der Waals surface area contributed by atoms with Crippen LogP contribution in [0.5, 0.6) is 0 Å².